The summed E-state index contributed by atoms with van der Waals surface area (Å²) in [6, 6.07) is 5.45. The Kier molecular flexibility index (Phi) is 7.97. The van der Waals surface area contributed by atoms with E-state index in [1.54, 1.807) is 6.07 Å². The van der Waals surface area contributed by atoms with Crippen LogP contribution >= 0.6 is 23.2 Å². The number of ether oxygens (including phenoxy) is 1. The molecule has 0 atom stereocenters. The minimum Gasteiger partial charge on any atom is -0.468 e. The van der Waals surface area contributed by atoms with Gasteiger partial charge in [0.25, 0.3) is 0 Å². The summed E-state index contributed by atoms with van der Waals surface area (Å²) < 4.78 is 4.57. The van der Waals surface area contributed by atoms with E-state index in [0.717, 1.165) is 23.7 Å². The summed E-state index contributed by atoms with van der Waals surface area (Å²) >= 11 is 11.4. The van der Waals surface area contributed by atoms with Gasteiger partial charge in [-0.15, -0.1) is 0 Å². The minimum atomic E-state index is -0.119. The molecule has 0 spiro atoms. The number of esters is 1. The van der Waals surface area contributed by atoms with E-state index in [9.17, 15) is 4.79 Å². The molecule has 0 amide bonds. The zero-order valence-corrected chi connectivity index (χ0v) is 13.5. The molecule has 1 aliphatic heterocycles. The molecule has 5 heteroatoms. The highest BCUT2D eigenvalue weighted by molar-refractivity contribution is 6.35. The van der Waals surface area contributed by atoms with Crippen molar-refractivity contribution < 1.29 is 9.53 Å². The molecule has 1 fully saturated rings. The zero-order valence-electron chi connectivity index (χ0n) is 12.0. The van der Waals surface area contributed by atoms with Crippen LogP contribution in [0.15, 0.2) is 18.2 Å². The number of carbonyl (C=O) groups excluding carboxylic acids is 1. The first-order chi connectivity index (χ1) is 9.52. The van der Waals surface area contributed by atoms with Crippen LogP contribution in [-0.4, -0.2) is 37.6 Å². The molecule has 0 unspecified atom stereocenters. The van der Waals surface area contributed by atoms with Crippen molar-refractivity contribution in [2.75, 3.05) is 26.7 Å². The number of carbonyl (C=O) groups is 1. The van der Waals surface area contributed by atoms with Crippen LogP contribution in [0.1, 0.15) is 24.8 Å². The highest BCUT2D eigenvalue weighted by atomic mass is 35.5. The fourth-order valence-electron chi connectivity index (χ4n) is 1.93. The highest BCUT2D eigenvalue weighted by Gasteiger charge is 2.13. The molecule has 112 valence electrons. The summed E-state index contributed by atoms with van der Waals surface area (Å²) in [7, 11) is 1.44. The molecular weight excluding hydrogens is 297 g/mol. The number of piperidine rings is 1. The van der Waals surface area contributed by atoms with E-state index < -0.39 is 0 Å². The molecule has 0 aromatic heterocycles. The van der Waals surface area contributed by atoms with Gasteiger partial charge in [-0.1, -0.05) is 35.7 Å². The van der Waals surface area contributed by atoms with E-state index in [1.165, 1.54) is 26.4 Å². The third kappa shape index (κ3) is 6.60. The number of halogens is 2. The van der Waals surface area contributed by atoms with Crippen LogP contribution in [-0.2, 0) is 9.53 Å². The van der Waals surface area contributed by atoms with E-state index in [0.29, 0.717) is 11.6 Å². The molecule has 2 rings (SSSR count). The van der Waals surface area contributed by atoms with Crippen molar-refractivity contribution in [1.82, 2.24) is 4.90 Å². The third-order valence-electron chi connectivity index (χ3n) is 3.16. The topological polar surface area (TPSA) is 29.5 Å². The van der Waals surface area contributed by atoms with Crippen molar-refractivity contribution >= 4 is 29.2 Å². The average Bonchev–Trinajstić information content (AvgIpc) is 2.45. The predicted molar refractivity (Wildman–Crippen MR) is 83.5 cm³/mol. The first kappa shape index (κ1) is 17.3. The summed E-state index contributed by atoms with van der Waals surface area (Å²) in [6.45, 7) is 4.51. The average molecular weight is 318 g/mol. The summed E-state index contributed by atoms with van der Waals surface area (Å²) in [5.74, 6) is -0.119. The van der Waals surface area contributed by atoms with Crippen molar-refractivity contribution in [2.24, 2.45) is 0 Å². The molecule has 1 heterocycles. The number of aryl methyl sites for hydroxylation is 1. The van der Waals surface area contributed by atoms with Gasteiger partial charge in [-0.05, 0) is 50.6 Å². The molecule has 20 heavy (non-hydrogen) atoms. The second-order valence-corrected chi connectivity index (χ2v) is 5.65. The molecule has 0 aliphatic carbocycles. The largest absolute Gasteiger partial charge is 0.468 e. The number of methoxy groups -OCH3 is 1. The molecule has 1 aromatic carbocycles. The molecule has 0 radical (unpaired) electrons. The molecule has 1 aliphatic rings. The van der Waals surface area contributed by atoms with Gasteiger partial charge in [-0.25, -0.2) is 0 Å². The Morgan fingerprint density at radius 1 is 1.25 bits per heavy atom. The van der Waals surface area contributed by atoms with E-state index in [1.807, 2.05) is 19.1 Å². The van der Waals surface area contributed by atoms with Gasteiger partial charge in [0.15, 0.2) is 0 Å². The number of hydrogen-bond acceptors (Lipinski definition) is 3. The lowest BCUT2D eigenvalue weighted by Gasteiger charge is -2.24. The first-order valence-electron chi connectivity index (χ1n) is 6.73. The van der Waals surface area contributed by atoms with Gasteiger partial charge < -0.3 is 4.74 Å². The van der Waals surface area contributed by atoms with Crippen LogP contribution < -0.4 is 0 Å². The van der Waals surface area contributed by atoms with E-state index in [2.05, 4.69) is 9.64 Å². The summed E-state index contributed by atoms with van der Waals surface area (Å²) in [4.78, 5) is 13.0. The number of rotatable bonds is 2. The minimum absolute atomic E-state index is 0.119. The highest BCUT2D eigenvalue weighted by Crippen LogP contribution is 2.19. The Hall–Kier alpha value is -0.770. The van der Waals surface area contributed by atoms with E-state index in [4.69, 9.17) is 23.2 Å². The quantitative estimate of drug-likeness (QED) is 0.773. The molecule has 1 aromatic rings. The molecule has 0 bridgehead atoms. The van der Waals surface area contributed by atoms with Crippen molar-refractivity contribution in [2.45, 2.75) is 26.2 Å². The van der Waals surface area contributed by atoms with Crippen LogP contribution in [0.2, 0.25) is 10.0 Å². The van der Waals surface area contributed by atoms with Crippen molar-refractivity contribution in [1.29, 1.82) is 0 Å². The summed E-state index contributed by atoms with van der Waals surface area (Å²) in [5, 5.41) is 1.41. The van der Waals surface area contributed by atoms with Crippen molar-refractivity contribution in [3.8, 4) is 0 Å². The van der Waals surface area contributed by atoms with Crippen LogP contribution in [0.25, 0.3) is 0 Å². The molecule has 0 N–H and O–H groups in total. The SMILES string of the molecule is COC(=O)CN1CCCCC1.Cc1ccc(Cl)cc1Cl. The number of nitrogens with zero attached hydrogens (tertiary/aromatic N) is 1. The smallest absolute Gasteiger partial charge is 0.319 e. The Labute approximate surface area is 130 Å². The number of benzene rings is 1. The Morgan fingerprint density at radius 2 is 1.90 bits per heavy atom. The van der Waals surface area contributed by atoms with Gasteiger partial charge in [-0.2, -0.15) is 0 Å². The third-order valence-corrected chi connectivity index (χ3v) is 3.81. The van der Waals surface area contributed by atoms with E-state index >= 15 is 0 Å². The predicted octanol–water partition coefficient (Wildman–Crippen LogP) is 3.95. The summed E-state index contributed by atoms with van der Waals surface area (Å²) in [6.07, 6.45) is 3.74. The molecule has 3 nitrogen and oxygen atoms in total. The van der Waals surface area contributed by atoms with Crippen molar-refractivity contribution in [3.63, 3.8) is 0 Å². The second-order valence-electron chi connectivity index (χ2n) is 4.81. The monoisotopic (exact) mass is 317 g/mol. The lowest BCUT2D eigenvalue weighted by molar-refractivity contribution is -0.142. The lowest BCUT2D eigenvalue weighted by atomic mass is 10.1. The van der Waals surface area contributed by atoms with Gasteiger partial charge in [0.1, 0.15) is 0 Å². The maximum atomic E-state index is 10.8. The first-order valence-corrected chi connectivity index (χ1v) is 7.49. The number of hydrogen-bond donors (Lipinski definition) is 0. The van der Waals surface area contributed by atoms with Crippen LogP contribution in [0.5, 0.6) is 0 Å². The van der Waals surface area contributed by atoms with Crippen LogP contribution in [0.4, 0.5) is 0 Å². The van der Waals surface area contributed by atoms with Crippen LogP contribution in [0.3, 0.4) is 0 Å². The number of likely N-dealkylation sites (tertiary alicyclic amines) is 1. The Balaban J connectivity index is 0.000000204. The Morgan fingerprint density at radius 3 is 2.40 bits per heavy atom. The maximum absolute atomic E-state index is 10.8. The normalized spacial score (nSPS) is 15.2. The van der Waals surface area contributed by atoms with Gasteiger partial charge in [0.2, 0.25) is 0 Å². The van der Waals surface area contributed by atoms with Crippen molar-refractivity contribution in [3.05, 3.63) is 33.8 Å². The lowest BCUT2D eigenvalue weighted by Crippen LogP contribution is -2.34. The fourth-order valence-corrected chi connectivity index (χ4v) is 2.34. The standard InChI is InChI=1S/C8H15NO2.C7H6Cl2/c1-11-8(10)7-9-5-3-2-4-6-9;1-5-2-3-6(8)4-7(5)9/h2-7H2,1H3;2-4H,1H3. The van der Waals surface area contributed by atoms with Crippen LogP contribution in [0, 0.1) is 6.92 Å². The van der Waals surface area contributed by atoms with Gasteiger partial charge in [0.05, 0.1) is 13.7 Å². The van der Waals surface area contributed by atoms with E-state index in [-0.39, 0.29) is 5.97 Å². The van der Waals surface area contributed by atoms with Gasteiger partial charge in [-0.3, -0.25) is 9.69 Å². The fraction of sp³-hybridized carbons (Fsp3) is 0.533. The molecule has 0 saturated carbocycles. The second kappa shape index (κ2) is 9.22. The van der Waals surface area contributed by atoms with Gasteiger partial charge in [0, 0.05) is 10.0 Å². The molecular formula is C15H21Cl2NO2. The Bertz CT molecular complexity index is 432. The maximum Gasteiger partial charge on any atom is 0.319 e. The zero-order chi connectivity index (χ0) is 15.0. The molecule has 1 saturated heterocycles. The summed E-state index contributed by atoms with van der Waals surface area (Å²) in [5.41, 5.74) is 1.06. The van der Waals surface area contributed by atoms with Gasteiger partial charge >= 0.3 is 5.97 Å².